The molecule has 0 aliphatic rings. The quantitative estimate of drug-likeness (QED) is 0.776. The molecule has 0 aliphatic carbocycles. The molecule has 5 nitrogen and oxygen atoms in total. The molecular weight excluding hydrogens is 266 g/mol. The highest BCUT2D eigenvalue weighted by Gasteiger charge is 2.18. The van der Waals surface area contributed by atoms with Crippen LogP contribution in [0.4, 0.5) is 0 Å². The maximum absolute atomic E-state index is 12.4. The standard InChI is InChI=1S/C16H21N3O2/c1-12(2)10-19(11-15(18)20)16(21)14-7-5-13(6-8-14)4-3-9-17/h5-8,12H,9-11,17H2,1-2H3,(H2,18,20). The summed E-state index contributed by atoms with van der Waals surface area (Å²) < 4.78 is 0. The van der Waals surface area contributed by atoms with E-state index in [0.29, 0.717) is 18.7 Å². The van der Waals surface area contributed by atoms with Gasteiger partial charge in [0.05, 0.1) is 13.1 Å². The molecule has 0 spiro atoms. The smallest absolute Gasteiger partial charge is 0.254 e. The van der Waals surface area contributed by atoms with Crippen molar-refractivity contribution in [3.05, 3.63) is 35.4 Å². The lowest BCUT2D eigenvalue weighted by atomic mass is 10.1. The highest BCUT2D eigenvalue weighted by molar-refractivity contribution is 5.96. The van der Waals surface area contributed by atoms with Crippen LogP contribution >= 0.6 is 0 Å². The fraction of sp³-hybridized carbons (Fsp3) is 0.375. The molecule has 0 aliphatic heterocycles. The Labute approximate surface area is 125 Å². The van der Waals surface area contributed by atoms with E-state index in [0.717, 1.165) is 5.56 Å². The van der Waals surface area contributed by atoms with E-state index in [2.05, 4.69) is 11.8 Å². The number of nitrogens with zero attached hydrogens (tertiary/aromatic N) is 1. The Bertz CT molecular complexity index is 553. The van der Waals surface area contributed by atoms with E-state index in [9.17, 15) is 9.59 Å². The molecule has 5 heteroatoms. The van der Waals surface area contributed by atoms with Crippen LogP contribution in [0, 0.1) is 17.8 Å². The Balaban J connectivity index is 2.89. The molecule has 1 aromatic carbocycles. The van der Waals surface area contributed by atoms with Gasteiger partial charge >= 0.3 is 0 Å². The molecule has 0 aromatic heterocycles. The van der Waals surface area contributed by atoms with Gasteiger partial charge in [0, 0.05) is 17.7 Å². The number of hydrogen-bond donors (Lipinski definition) is 2. The van der Waals surface area contributed by atoms with Crippen LogP contribution in [0.5, 0.6) is 0 Å². The second-order valence-electron chi connectivity index (χ2n) is 5.13. The van der Waals surface area contributed by atoms with Crippen molar-refractivity contribution in [2.45, 2.75) is 13.8 Å². The monoisotopic (exact) mass is 287 g/mol. The second-order valence-corrected chi connectivity index (χ2v) is 5.13. The third-order valence-electron chi connectivity index (χ3n) is 2.69. The molecule has 0 unspecified atom stereocenters. The number of nitrogens with two attached hydrogens (primary N) is 2. The number of primary amides is 1. The second kappa shape index (κ2) is 8.08. The topological polar surface area (TPSA) is 89.4 Å². The van der Waals surface area contributed by atoms with Gasteiger partial charge in [-0.15, -0.1) is 0 Å². The number of benzene rings is 1. The molecule has 0 fully saturated rings. The summed E-state index contributed by atoms with van der Waals surface area (Å²) in [4.78, 5) is 25.0. The average Bonchev–Trinajstić information content (AvgIpc) is 2.43. The zero-order valence-corrected chi connectivity index (χ0v) is 12.4. The van der Waals surface area contributed by atoms with E-state index < -0.39 is 5.91 Å². The summed E-state index contributed by atoms with van der Waals surface area (Å²) in [6, 6.07) is 6.90. The number of carbonyl (C=O) groups excluding carboxylic acids is 2. The first-order chi connectivity index (χ1) is 9.93. The van der Waals surface area contributed by atoms with Gasteiger partial charge in [0.1, 0.15) is 0 Å². The molecule has 112 valence electrons. The number of carbonyl (C=O) groups is 2. The van der Waals surface area contributed by atoms with Crippen molar-refractivity contribution in [3.63, 3.8) is 0 Å². The summed E-state index contributed by atoms with van der Waals surface area (Å²) in [5.41, 5.74) is 11.8. The molecule has 1 rings (SSSR count). The van der Waals surface area contributed by atoms with E-state index in [1.165, 1.54) is 4.90 Å². The van der Waals surface area contributed by atoms with Crippen molar-refractivity contribution < 1.29 is 9.59 Å². The first kappa shape index (κ1) is 16.7. The van der Waals surface area contributed by atoms with Gasteiger partial charge in [-0.3, -0.25) is 9.59 Å². The zero-order chi connectivity index (χ0) is 15.8. The van der Waals surface area contributed by atoms with Crippen molar-refractivity contribution >= 4 is 11.8 Å². The molecule has 21 heavy (non-hydrogen) atoms. The Morgan fingerprint density at radius 2 is 1.86 bits per heavy atom. The Morgan fingerprint density at radius 1 is 1.24 bits per heavy atom. The molecular formula is C16H21N3O2. The Morgan fingerprint density at radius 3 is 2.33 bits per heavy atom. The molecule has 0 atom stereocenters. The van der Waals surface area contributed by atoms with Crippen LogP contribution in [-0.4, -0.2) is 36.3 Å². The highest BCUT2D eigenvalue weighted by Crippen LogP contribution is 2.09. The SMILES string of the molecule is CC(C)CN(CC(N)=O)C(=O)c1ccc(C#CCN)cc1. The van der Waals surface area contributed by atoms with Gasteiger partial charge in [0.25, 0.3) is 5.91 Å². The number of hydrogen-bond acceptors (Lipinski definition) is 3. The van der Waals surface area contributed by atoms with Gasteiger partial charge in [-0.25, -0.2) is 0 Å². The summed E-state index contributed by atoms with van der Waals surface area (Å²) in [6.45, 7) is 4.66. The van der Waals surface area contributed by atoms with Gasteiger partial charge in [0.2, 0.25) is 5.91 Å². The zero-order valence-electron chi connectivity index (χ0n) is 12.4. The van der Waals surface area contributed by atoms with Crippen LogP contribution in [0.15, 0.2) is 24.3 Å². The van der Waals surface area contributed by atoms with Crippen LogP contribution in [0.25, 0.3) is 0 Å². The molecule has 0 saturated carbocycles. The predicted molar refractivity (Wildman–Crippen MR) is 82.3 cm³/mol. The maximum atomic E-state index is 12.4. The lowest BCUT2D eigenvalue weighted by molar-refractivity contribution is -0.118. The first-order valence-corrected chi connectivity index (χ1v) is 6.80. The third-order valence-corrected chi connectivity index (χ3v) is 2.69. The predicted octanol–water partition coefficient (Wildman–Crippen LogP) is 0.580. The van der Waals surface area contributed by atoms with Crippen molar-refractivity contribution in [2.75, 3.05) is 19.6 Å². The molecule has 2 amide bonds. The van der Waals surface area contributed by atoms with Crippen LogP contribution in [0.1, 0.15) is 29.8 Å². The summed E-state index contributed by atoms with van der Waals surface area (Å²) in [5.74, 6) is 5.17. The molecule has 0 bridgehead atoms. The molecule has 1 aromatic rings. The van der Waals surface area contributed by atoms with Crippen LogP contribution in [-0.2, 0) is 4.79 Å². The lowest BCUT2D eigenvalue weighted by Gasteiger charge is -2.23. The van der Waals surface area contributed by atoms with E-state index >= 15 is 0 Å². The van der Waals surface area contributed by atoms with E-state index in [-0.39, 0.29) is 18.4 Å². The summed E-state index contributed by atoms with van der Waals surface area (Å²) in [5, 5.41) is 0. The Hall–Kier alpha value is -2.32. The summed E-state index contributed by atoms with van der Waals surface area (Å²) >= 11 is 0. The van der Waals surface area contributed by atoms with Gasteiger partial charge < -0.3 is 16.4 Å². The maximum Gasteiger partial charge on any atom is 0.254 e. The molecule has 0 heterocycles. The minimum absolute atomic E-state index is 0.0776. The van der Waals surface area contributed by atoms with Gasteiger partial charge in [-0.2, -0.15) is 0 Å². The highest BCUT2D eigenvalue weighted by atomic mass is 16.2. The minimum Gasteiger partial charge on any atom is -0.368 e. The minimum atomic E-state index is -0.519. The summed E-state index contributed by atoms with van der Waals surface area (Å²) in [7, 11) is 0. The van der Waals surface area contributed by atoms with Crippen molar-refractivity contribution in [1.82, 2.24) is 4.90 Å². The van der Waals surface area contributed by atoms with Crippen molar-refractivity contribution in [1.29, 1.82) is 0 Å². The molecule has 0 saturated heterocycles. The largest absolute Gasteiger partial charge is 0.368 e. The molecule has 4 N–H and O–H groups in total. The lowest BCUT2D eigenvalue weighted by Crippen LogP contribution is -2.40. The first-order valence-electron chi connectivity index (χ1n) is 6.80. The van der Waals surface area contributed by atoms with Gasteiger partial charge in [0.15, 0.2) is 0 Å². The van der Waals surface area contributed by atoms with Crippen LogP contribution in [0.3, 0.4) is 0 Å². The molecule has 0 radical (unpaired) electrons. The fourth-order valence-corrected chi connectivity index (χ4v) is 1.88. The Kier molecular flexibility index (Phi) is 6.44. The van der Waals surface area contributed by atoms with Crippen LogP contribution < -0.4 is 11.5 Å². The van der Waals surface area contributed by atoms with E-state index in [4.69, 9.17) is 11.5 Å². The van der Waals surface area contributed by atoms with Crippen molar-refractivity contribution in [2.24, 2.45) is 17.4 Å². The third kappa shape index (κ3) is 5.67. The number of amides is 2. The average molecular weight is 287 g/mol. The van der Waals surface area contributed by atoms with E-state index in [1.54, 1.807) is 24.3 Å². The number of rotatable bonds is 5. The van der Waals surface area contributed by atoms with Gasteiger partial charge in [-0.1, -0.05) is 25.7 Å². The van der Waals surface area contributed by atoms with Gasteiger partial charge in [-0.05, 0) is 30.2 Å². The van der Waals surface area contributed by atoms with E-state index in [1.807, 2.05) is 13.8 Å². The summed E-state index contributed by atoms with van der Waals surface area (Å²) in [6.07, 6.45) is 0. The van der Waals surface area contributed by atoms with Crippen LogP contribution in [0.2, 0.25) is 0 Å². The normalized spacial score (nSPS) is 9.90. The van der Waals surface area contributed by atoms with Crippen molar-refractivity contribution in [3.8, 4) is 11.8 Å². The fourth-order valence-electron chi connectivity index (χ4n) is 1.88.